The van der Waals surface area contributed by atoms with Gasteiger partial charge in [0.1, 0.15) is 0 Å². The molecule has 0 fully saturated rings. The molecule has 3 rings (SSSR count). The van der Waals surface area contributed by atoms with E-state index in [-0.39, 0.29) is 5.82 Å². The third-order valence-electron chi connectivity index (χ3n) is 3.97. The Bertz CT molecular complexity index is 639. The molecule has 0 N–H and O–H groups in total. The first-order chi connectivity index (χ1) is 9.69. The molecule has 0 unspecified atom stereocenters. The van der Waals surface area contributed by atoms with Crippen LogP contribution in [0.15, 0.2) is 36.4 Å². The molecule has 0 saturated heterocycles. The molecule has 1 aliphatic rings. The Morgan fingerprint density at radius 3 is 2.85 bits per heavy atom. The summed E-state index contributed by atoms with van der Waals surface area (Å²) in [6.45, 7) is 1.06. The molecule has 0 atom stereocenters. The maximum atomic E-state index is 13.8. The Hall–Kier alpha value is -2.03. The summed E-state index contributed by atoms with van der Waals surface area (Å²) in [4.78, 5) is 2.27. The van der Waals surface area contributed by atoms with Gasteiger partial charge < -0.3 is 9.64 Å². The van der Waals surface area contributed by atoms with Gasteiger partial charge in [-0.15, -0.1) is 0 Å². The van der Waals surface area contributed by atoms with E-state index in [1.54, 1.807) is 12.1 Å². The number of hydrogen-bond acceptors (Lipinski definition) is 2. The van der Waals surface area contributed by atoms with Crippen molar-refractivity contribution in [3.63, 3.8) is 0 Å². The average molecular weight is 271 g/mol. The smallest absolute Gasteiger partial charge is 0.165 e. The highest BCUT2D eigenvalue weighted by Gasteiger charge is 2.18. The van der Waals surface area contributed by atoms with Gasteiger partial charge in [-0.25, -0.2) is 4.39 Å². The summed E-state index contributed by atoms with van der Waals surface area (Å²) in [6, 6.07) is 11.6. The van der Waals surface area contributed by atoms with E-state index >= 15 is 0 Å². The molecule has 0 amide bonds. The molecule has 1 aliphatic heterocycles. The molecule has 2 nitrogen and oxygen atoms in total. The molecule has 0 bridgehead atoms. The summed E-state index contributed by atoms with van der Waals surface area (Å²) in [5.41, 5.74) is 4.96. The molecule has 20 heavy (non-hydrogen) atoms. The van der Waals surface area contributed by atoms with Crippen LogP contribution >= 0.6 is 0 Å². The molecule has 1 heterocycles. The van der Waals surface area contributed by atoms with E-state index in [4.69, 9.17) is 4.74 Å². The molecule has 0 aliphatic carbocycles. The quantitative estimate of drug-likeness (QED) is 0.848. The monoisotopic (exact) mass is 271 g/mol. The van der Waals surface area contributed by atoms with E-state index in [9.17, 15) is 4.39 Å². The van der Waals surface area contributed by atoms with E-state index in [1.165, 1.54) is 23.9 Å². The maximum Gasteiger partial charge on any atom is 0.165 e. The SMILES string of the molecule is COc1ccc(Cc2cccc3c2CCN3C)cc1F. The van der Waals surface area contributed by atoms with Gasteiger partial charge in [0, 0.05) is 19.3 Å². The zero-order chi connectivity index (χ0) is 14.1. The number of hydrogen-bond donors (Lipinski definition) is 0. The molecule has 2 aromatic carbocycles. The molecule has 0 saturated carbocycles. The van der Waals surface area contributed by atoms with Gasteiger partial charge in [0.05, 0.1) is 7.11 Å². The molecular formula is C17H18FNO. The van der Waals surface area contributed by atoms with Crippen LogP contribution in [0.5, 0.6) is 5.75 Å². The van der Waals surface area contributed by atoms with Crippen molar-refractivity contribution >= 4 is 5.69 Å². The highest BCUT2D eigenvalue weighted by molar-refractivity contribution is 5.61. The van der Waals surface area contributed by atoms with Crippen LogP contribution in [0, 0.1) is 5.82 Å². The van der Waals surface area contributed by atoms with Gasteiger partial charge >= 0.3 is 0 Å². The Labute approximate surface area is 118 Å². The lowest BCUT2D eigenvalue weighted by Gasteiger charge is -2.13. The first-order valence-corrected chi connectivity index (χ1v) is 6.83. The molecule has 2 aromatic rings. The maximum absolute atomic E-state index is 13.8. The summed E-state index contributed by atoms with van der Waals surface area (Å²) in [5, 5.41) is 0. The predicted molar refractivity (Wildman–Crippen MR) is 79.2 cm³/mol. The highest BCUT2D eigenvalue weighted by Crippen LogP contribution is 2.31. The van der Waals surface area contributed by atoms with E-state index in [2.05, 4.69) is 30.1 Å². The van der Waals surface area contributed by atoms with Crippen LogP contribution in [0.2, 0.25) is 0 Å². The Morgan fingerprint density at radius 1 is 1.25 bits per heavy atom. The number of methoxy groups -OCH3 is 1. The molecule has 0 spiro atoms. The van der Waals surface area contributed by atoms with Crippen molar-refractivity contribution in [3.8, 4) is 5.75 Å². The summed E-state index contributed by atoms with van der Waals surface area (Å²) in [5.74, 6) is 0.00136. The zero-order valence-corrected chi connectivity index (χ0v) is 11.8. The van der Waals surface area contributed by atoms with Crippen LogP contribution in [0.4, 0.5) is 10.1 Å². The van der Waals surface area contributed by atoms with Gasteiger partial charge in [0.15, 0.2) is 11.6 Å². The number of nitrogens with zero attached hydrogens (tertiary/aromatic N) is 1. The Morgan fingerprint density at radius 2 is 2.10 bits per heavy atom. The number of halogens is 1. The van der Waals surface area contributed by atoms with E-state index < -0.39 is 0 Å². The Kier molecular flexibility index (Phi) is 3.35. The van der Waals surface area contributed by atoms with Crippen molar-refractivity contribution in [2.45, 2.75) is 12.8 Å². The standard InChI is InChI=1S/C17H18FNO/c1-19-9-8-14-13(4-3-5-16(14)19)10-12-6-7-17(20-2)15(18)11-12/h3-7,11H,8-10H2,1-2H3. The lowest BCUT2D eigenvalue weighted by Crippen LogP contribution is -2.12. The van der Waals surface area contributed by atoms with Crippen LogP contribution in [0.25, 0.3) is 0 Å². The van der Waals surface area contributed by atoms with E-state index in [0.717, 1.165) is 24.9 Å². The van der Waals surface area contributed by atoms with Crippen molar-refractivity contribution in [2.24, 2.45) is 0 Å². The molecule has 104 valence electrons. The van der Waals surface area contributed by atoms with Gasteiger partial charge in [0.25, 0.3) is 0 Å². The fraction of sp³-hybridized carbons (Fsp3) is 0.294. The van der Waals surface area contributed by atoms with E-state index in [0.29, 0.717) is 5.75 Å². The summed E-state index contributed by atoms with van der Waals surface area (Å²) in [7, 11) is 3.60. The topological polar surface area (TPSA) is 12.5 Å². The third-order valence-corrected chi connectivity index (χ3v) is 3.97. The predicted octanol–water partition coefficient (Wildman–Crippen LogP) is 3.42. The number of likely N-dealkylation sites (N-methyl/N-ethyl adjacent to an activating group) is 1. The van der Waals surface area contributed by atoms with Crippen LogP contribution in [0.3, 0.4) is 0 Å². The number of benzene rings is 2. The normalized spacial score (nSPS) is 13.4. The second kappa shape index (κ2) is 5.16. The second-order valence-electron chi connectivity index (χ2n) is 5.23. The fourth-order valence-electron chi connectivity index (χ4n) is 2.87. The molecule has 3 heteroatoms. The zero-order valence-electron chi connectivity index (χ0n) is 11.8. The molecule has 0 aromatic heterocycles. The van der Waals surface area contributed by atoms with Crippen molar-refractivity contribution in [1.29, 1.82) is 0 Å². The van der Waals surface area contributed by atoms with Gasteiger partial charge in [-0.3, -0.25) is 0 Å². The lowest BCUT2D eigenvalue weighted by molar-refractivity contribution is 0.386. The van der Waals surface area contributed by atoms with Gasteiger partial charge in [-0.2, -0.15) is 0 Å². The first kappa shape index (κ1) is 13.0. The van der Waals surface area contributed by atoms with Crippen molar-refractivity contribution in [2.75, 3.05) is 25.6 Å². The van der Waals surface area contributed by atoms with Gasteiger partial charge in [-0.1, -0.05) is 18.2 Å². The van der Waals surface area contributed by atoms with Crippen LogP contribution in [0.1, 0.15) is 16.7 Å². The molecule has 0 radical (unpaired) electrons. The van der Waals surface area contributed by atoms with Crippen LogP contribution < -0.4 is 9.64 Å². The minimum absolute atomic E-state index is 0.297. The van der Waals surface area contributed by atoms with Crippen molar-refractivity contribution < 1.29 is 9.13 Å². The number of fused-ring (bicyclic) bond motifs is 1. The van der Waals surface area contributed by atoms with Crippen LogP contribution in [-0.2, 0) is 12.8 Å². The van der Waals surface area contributed by atoms with Gasteiger partial charge in [0.2, 0.25) is 0 Å². The summed E-state index contributed by atoms with van der Waals surface area (Å²) >= 11 is 0. The fourth-order valence-corrected chi connectivity index (χ4v) is 2.87. The number of rotatable bonds is 3. The first-order valence-electron chi connectivity index (χ1n) is 6.83. The van der Waals surface area contributed by atoms with Crippen molar-refractivity contribution in [1.82, 2.24) is 0 Å². The lowest BCUT2D eigenvalue weighted by atomic mass is 9.98. The minimum Gasteiger partial charge on any atom is -0.494 e. The second-order valence-corrected chi connectivity index (χ2v) is 5.23. The average Bonchev–Trinajstić information content (AvgIpc) is 2.82. The highest BCUT2D eigenvalue weighted by atomic mass is 19.1. The number of ether oxygens (including phenoxy) is 1. The summed E-state index contributed by atoms with van der Waals surface area (Å²) in [6.07, 6.45) is 1.83. The number of anilines is 1. The van der Waals surface area contributed by atoms with Crippen LogP contribution in [-0.4, -0.2) is 20.7 Å². The summed E-state index contributed by atoms with van der Waals surface area (Å²) < 4.78 is 18.7. The molecular weight excluding hydrogens is 253 g/mol. The van der Waals surface area contributed by atoms with Crippen molar-refractivity contribution in [3.05, 3.63) is 58.9 Å². The third kappa shape index (κ3) is 2.24. The van der Waals surface area contributed by atoms with E-state index in [1.807, 2.05) is 6.07 Å². The minimum atomic E-state index is -0.297. The Balaban J connectivity index is 1.91. The largest absolute Gasteiger partial charge is 0.494 e. The van der Waals surface area contributed by atoms with Gasteiger partial charge in [-0.05, 0) is 47.7 Å².